The number of nitrogens with zero attached hydrogens (tertiary/aromatic N) is 1. The SMILES string of the molecule is COCCNC(=O)[C@H]1CC[C@@H](C)N(C(=O)C2CCC(F)(F)CC2)C1. The van der Waals surface area contributed by atoms with Gasteiger partial charge in [0.25, 0.3) is 0 Å². The third-order valence-electron chi connectivity index (χ3n) is 5.21. The van der Waals surface area contributed by atoms with E-state index in [-0.39, 0.29) is 55.4 Å². The van der Waals surface area contributed by atoms with Gasteiger partial charge in [0.2, 0.25) is 17.7 Å². The fourth-order valence-corrected chi connectivity index (χ4v) is 3.57. The van der Waals surface area contributed by atoms with Crippen LogP contribution in [0.5, 0.6) is 0 Å². The monoisotopic (exact) mass is 346 g/mol. The average Bonchev–Trinajstić information content (AvgIpc) is 2.55. The van der Waals surface area contributed by atoms with Crippen LogP contribution in [0.25, 0.3) is 0 Å². The number of ether oxygens (including phenoxy) is 1. The summed E-state index contributed by atoms with van der Waals surface area (Å²) in [5, 5.41) is 2.82. The first-order valence-corrected chi connectivity index (χ1v) is 8.79. The zero-order valence-electron chi connectivity index (χ0n) is 14.5. The summed E-state index contributed by atoms with van der Waals surface area (Å²) in [7, 11) is 1.57. The number of likely N-dealkylation sites (tertiary alicyclic amines) is 1. The van der Waals surface area contributed by atoms with E-state index in [1.165, 1.54) is 0 Å². The maximum absolute atomic E-state index is 13.3. The summed E-state index contributed by atoms with van der Waals surface area (Å²) in [6.07, 6.45) is 1.54. The topological polar surface area (TPSA) is 58.6 Å². The lowest BCUT2D eigenvalue weighted by Crippen LogP contribution is -2.52. The van der Waals surface area contributed by atoms with E-state index in [1.54, 1.807) is 12.0 Å². The third-order valence-corrected chi connectivity index (χ3v) is 5.21. The normalized spacial score (nSPS) is 27.8. The maximum Gasteiger partial charge on any atom is 0.248 e. The molecule has 2 rings (SSSR count). The molecule has 0 aromatic heterocycles. The van der Waals surface area contributed by atoms with Crippen LogP contribution in [0, 0.1) is 11.8 Å². The second kappa shape index (κ2) is 8.23. The van der Waals surface area contributed by atoms with Crippen LogP contribution in [0.1, 0.15) is 45.4 Å². The van der Waals surface area contributed by atoms with Crippen LogP contribution in [0.3, 0.4) is 0 Å². The smallest absolute Gasteiger partial charge is 0.248 e. The van der Waals surface area contributed by atoms with Crippen LogP contribution in [-0.4, -0.2) is 55.5 Å². The quantitative estimate of drug-likeness (QED) is 0.777. The van der Waals surface area contributed by atoms with Crippen LogP contribution in [0.4, 0.5) is 8.78 Å². The lowest BCUT2D eigenvalue weighted by atomic mass is 9.84. The Hall–Kier alpha value is -1.24. The van der Waals surface area contributed by atoms with Gasteiger partial charge in [-0.25, -0.2) is 8.78 Å². The zero-order chi connectivity index (χ0) is 17.7. The van der Waals surface area contributed by atoms with Crippen molar-refractivity contribution >= 4 is 11.8 Å². The van der Waals surface area contributed by atoms with E-state index in [0.29, 0.717) is 19.7 Å². The van der Waals surface area contributed by atoms with Gasteiger partial charge in [0.05, 0.1) is 12.5 Å². The summed E-state index contributed by atoms with van der Waals surface area (Å²) >= 11 is 0. The first kappa shape index (κ1) is 19.1. The molecule has 7 heteroatoms. The minimum Gasteiger partial charge on any atom is -0.383 e. The highest BCUT2D eigenvalue weighted by Crippen LogP contribution is 2.37. The predicted molar refractivity (Wildman–Crippen MR) is 85.7 cm³/mol. The van der Waals surface area contributed by atoms with Gasteiger partial charge in [0.15, 0.2) is 0 Å². The molecular weight excluding hydrogens is 318 g/mol. The first-order valence-electron chi connectivity index (χ1n) is 8.79. The number of methoxy groups -OCH3 is 1. The molecule has 1 saturated heterocycles. The van der Waals surface area contributed by atoms with Crippen molar-refractivity contribution in [3.05, 3.63) is 0 Å². The Morgan fingerprint density at radius 1 is 1.17 bits per heavy atom. The van der Waals surface area contributed by atoms with E-state index in [0.717, 1.165) is 12.8 Å². The molecule has 1 aliphatic carbocycles. The number of hydrogen-bond acceptors (Lipinski definition) is 3. The summed E-state index contributed by atoms with van der Waals surface area (Å²) < 4.78 is 31.5. The molecule has 0 bridgehead atoms. The second-order valence-electron chi connectivity index (χ2n) is 7.03. The molecule has 0 aromatic carbocycles. The number of piperidine rings is 1. The third kappa shape index (κ3) is 4.88. The molecule has 0 aromatic rings. The molecule has 0 radical (unpaired) electrons. The van der Waals surface area contributed by atoms with Crippen molar-refractivity contribution in [1.29, 1.82) is 0 Å². The fourth-order valence-electron chi connectivity index (χ4n) is 3.57. The minimum atomic E-state index is -2.63. The predicted octanol–water partition coefficient (Wildman–Crippen LogP) is 2.20. The number of nitrogens with one attached hydrogen (secondary N) is 1. The van der Waals surface area contributed by atoms with Gasteiger partial charge in [-0.05, 0) is 32.6 Å². The van der Waals surface area contributed by atoms with Crippen LogP contribution < -0.4 is 5.32 Å². The number of hydrogen-bond donors (Lipinski definition) is 1. The van der Waals surface area contributed by atoms with Gasteiger partial charge in [-0.2, -0.15) is 0 Å². The Labute approximate surface area is 142 Å². The first-order chi connectivity index (χ1) is 11.3. The number of rotatable bonds is 5. The molecule has 2 aliphatic rings. The number of alkyl halides is 2. The van der Waals surface area contributed by atoms with E-state index in [1.807, 2.05) is 6.92 Å². The lowest BCUT2D eigenvalue weighted by Gasteiger charge is -2.40. The number of carbonyl (C=O) groups is 2. The molecule has 24 heavy (non-hydrogen) atoms. The van der Waals surface area contributed by atoms with Crippen LogP contribution in [-0.2, 0) is 14.3 Å². The van der Waals surface area contributed by atoms with E-state index >= 15 is 0 Å². The van der Waals surface area contributed by atoms with Gasteiger partial charge in [0, 0.05) is 45.0 Å². The largest absolute Gasteiger partial charge is 0.383 e. The van der Waals surface area contributed by atoms with Crippen molar-refractivity contribution in [3.8, 4) is 0 Å². The van der Waals surface area contributed by atoms with Crippen molar-refractivity contribution in [2.75, 3.05) is 26.8 Å². The van der Waals surface area contributed by atoms with Crippen molar-refractivity contribution in [3.63, 3.8) is 0 Å². The zero-order valence-corrected chi connectivity index (χ0v) is 14.5. The minimum absolute atomic E-state index is 0.0583. The molecule has 1 N–H and O–H groups in total. The van der Waals surface area contributed by atoms with Gasteiger partial charge in [-0.3, -0.25) is 9.59 Å². The van der Waals surface area contributed by atoms with Gasteiger partial charge in [-0.1, -0.05) is 0 Å². The van der Waals surface area contributed by atoms with Gasteiger partial charge in [-0.15, -0.1) is 0 Å². The fraction of sp³-hybridized carbons (Fsp3) is 0.882. The molecule has 2 atom stereocenters. The molecule has 2 amide bonds. The van der Waals surface area contributed by atoms with Crippen LogP contribution in [0.15, 0.2) is 0 Å². The van der Waals surface area contributed by atoms with Crippen LogP contribution >= 0.6 is 0 Å². The number of halogens is 2. The van der Waals surface area contributed by atoms with Crippen molar-refractivity contribution < 1.29 is 23.1 Å². The Bertz CT molecular complexity index is 449. The number of carbonyl (C=O) groups excluding carboxylic acids is 2. The molecule has 5 nitrogen and oxygen atoms in total. The molecule has 2 fully saturated rings. The van der Waals surface area contributed by atoms with Gasteiger partial charge >= 0.3 is 0 Å². The summed E-state index contributed by atoms with van der Waals surface area (Å²) in [5.41, 5.74) is 0. The summed E-state index contributed by atoms with van der Waals surface area (Å²) in [6, 6.07) is 0.0583. The highest BCUT2D eigenvalue weighted by Gasteiger charge is 2.41. The molecule has 1 heterocycles. The summed E-state index contributed by atoms with van der Waals surface area (Å²) in [6.45, 7) is 3.25. The highest BCUT2D eigenvalue weighted by molar-refractivity contribution is 5.82. The second-order valence-corrected chi connectivity index (χ2v) is 7.03. The lowest BCUT2D eigenvalue weighted by molar-refractivity contribution is -0.145. The van der Waals surface area contributed by atoms with E-state index < -0.39 is 5.92 Å². The summed E-state index contributed by atoms with van der Waals surface area (Å²) in [4.78, 5) is 26.7. The Balaban J connectivity index is 1.90. The molecule has 1 saturated carbocycles. The molecule has 0 unspecified atom stereocenters. The summed E-state index contributed by atoms with van der Waals surface area (Å²) in [5.74, 6) is -3.32. The Kier molecular flexibility index (Phi) is 6.54. The molecular formula is C17H28F2N2O3. The Morgan fingerprint density at radius 2 is 1.83 bits per heavy atom. The molecule has 138 valence electrons. The molecule has 0 spiro atoms. The Morgan fingerprint density at radius 3 is 2.46 bits per heavy atom. The maximum atomic E-state index is 13.3. The molecule has 1 aliphatic heterocycles. The van der Waals surface area contributed by atoms with Crippen molar-refractivity contribution in [2.45, 2.75) is 57.4 Å². The average molecular weight is 346 g/mol. The van der Waals surface area contributed by atoms with E-state index in [2.05, 4.69) is 5.32 Å². The van der Waals surface area contributed by atoms with Crippen molar-refractivity contribution in [1.82, 2.24) is 10.2 Å². The van der Waals surface area contributed by atoms with Gasteiger partial charge in [0.1, 0.15) is 0 Å². The standard InChI is InChI=1S/C17H28F2N2O3/c1-12-3-4-14(15(22)20-9-10-24-2)11-21(12)16(23)13-5-7-17(18,19)8-6-13/h12-14H,3-11H2,1-2H3,(H,20,22)/t12-,14+/m1/s1. The van der Waals surface area contributed by atoms with E-state index in [4.69, 9.17) is 4.74 Å². The van der Waals surface area contributed by atoms with Crippen molar-refractivity contribution in [2.24, 2.45) is 11.8 Å². The van der Waals surface area contributed by atoms with Gasteiger partial charge < -0.3 is 15.0 Å². The van der Waals surface area contributed by atoms with E-state index in [9.17, 15) is 18.4 Å². The highest BCUT2D eigenvalue weighted by atomic mass is 19.3. The van der Waals surface area contributed by atoms with Crippen LogP contribution in [0.2, 0.25) is 0 Å². The number of amides is 2.